The predicted octanol–water partition coefficient (Wildman–Crippen LogP) is 6.71. The van der Waals surface area contributed by atoms with Crippen molar-refractivity contribution in [3.8, 4) is 11.1 Å². The van der Waals surface area contributed by atoms with Crippen LogP contribution >= 0.6 is 15.9 Å². The number of hydrogen-bond acceptors (Lipinski definition) is 5. The molecule has 37 heavy (non-hydrogen) atoms. The SMILES string of the molecule is Cc1ccc(-c2cc(C(=O)N[C@H](C)c3cccc(Br)n3)cc(C3=NOC(c4ccccn4)C3)c2)c(F)c1. The smallest absolute Gasteiger partial charge is 0.251 e. The van der Waals surface area contributed by atoms with Crippen LogP contribution in [0.15, 0.2) is 88.8 Å². The molecule has 1 aliphatic rings. The summed E-state index contributed by atoms with van der Waals surface area (Å²) in [4.78, 5) is 27.8. The number of nitrogens with zero attached hydrogens (tertiary/aromatic N) is 3. The van der Waals surface area contributed by atoms with Crippen LogP contribution in [0.3, 0.4) is 0 Å². The number of carbonyl (C=O) groups is 1. The molecule has 0 fully saturated rings. The van der Waals surface area contributed by atoms with Gasteiger partial charge in [0.1, 0.15) is 10.4 Å². The van der Waals surface area contributed by atoms with Crippen LogP contribution in [-0.4, -0.2) is 21.6 Å². The summed E-state index contributed by atoms with van der Waals surface area (Å²) in [5.41, 5.74) is 5.04. The van der Waals surface area contributed by atoms with Crippen molar-refractivity contribution < 1.29 is 14.0 Å². The Morgan fingerprint density at radius 1 is 1.08 bits per heavy atom. The van der Waals surface area contributed by atoms with E-state index in [2.05, 4.69) is 36.4 Å². The van der Waals surface area contributed by atoms with E-state index in [1.165, 1.54) is 6.07 Å². The molecule has 0 radical (unpaired) electrons. The average Bonchev–Trinajstić information content (AvgIpc) is 3.39. The van der Waals surface area contributed by atoms with E-state index >= 15 is 0 Å². The van der Waals surface area contributed by atoms with Crippen molar-refractivity contribution in [3.63, 3.8) is 0 Å². The molecule has 1 unspecified atom stereocenters. The van der Waals surface area contributed by atoms with E-state index < -0.39 is 0 Å². The van der Waals surface area contributed by atoms with Gasteiger partial charge in [0, 0.05) is 29.3 Å². The van der Waals surface area contributed by atoms with E-state index in [1.807, 2.05) is 62.4 Å². The Balaban J connectivity index is 1.49. The quantitative estimate of drug-likeness (QED) is 0.267. The van der Waals surface area contributed by atoms with Crippen LogP contribution in [0.4, 0.5) is 4.39 Å². The number of rotatable bonds is 6. The number of pyridine rings is 2. The first kappa shape index (κ1) is 24.8. The molecule has 2 aromatic carbocycles. The maximum atomic E-state index is 15.0. The summed E-state index contributed by atoms with van der Waals surface area (Å²) >= 11 is 3.37. The van der Waals surface area contributed by atoms with Crippen LogP contribution in [0.1, 0.15) is 58.4 Å². The van der Waals surface area contributed by atoms with Gasteiger partial charge in [-0.3, -0.25) is 9.78 Å². The highest BCUT2D eigenvalue weighted by molar-refractivity contribution is 9.10. The summed E-state index contributed by atoms with van der Waals surface area (Å²) in [6, 6.07) is 21.2. The monoisotopic (exact) mass is 558 g/mol. The number of hydrogen-bond donors (Lipinski definition) is 1. The van der Waals surface area contributed by atoms with Gasteiger partial charge in [0.05, 0.1) is 23.1 Å². The molecule has 4 aromatic rings. The third-order valence-electron chi connectivity index (χ3n) is 6.18. The van der Waals surface area contributed by atoms with Gasteiger partial charge >= 0.3 is 0 Å². The summed E-state index contributed by atoms with van der Waals surface area (Å²) in [6.07, 6.45) is 1.87. The number of aromatic nitrogens is 2. The first-order valence-corrected chi connectivity index (χ1v) is 12.7. The lowest BCUT2D eigenvalue weighted by Gasteiger charge is -2.15. The zero-order valence-corrected chi connectivity index (χ0v) is 21.9. The zero-order chi connectivity index (χ0) is 25.9. The number of halogens is 2. The standard InChI is InChI=1S/C29H24BrFN4O2/c1-17-9-10-22(23(31)12-17)19-13-20(26-16-27(37-35-26)25-6-3-4-11-32-25)15-21(14-19)29(36)33-18(2)24-7-5-8-28(30)34-24/h3-15,18,27H,16H2,1-2H3,(H,33,36)/t18-,27?/m1/s1. The van der Waals surface area contributed by atoms with Crippen LogP contribution in [0.25, 0.3) is 11.1 Å². The highest BCUT2D eigenvalue weighted by Crippen LogP contribution is 2.32. The number of amides is 1. The second-order valence-corrected chi connectivity index (χ2v) is 9.77. The first-order valence-electron chi connectivity index (χ1n) is 11.9. The third-order valence-corrected chi connectivity index (χ3v) is 6.62. The fourth-order valence-corrected chi connectivity index (χ4v) is 4.58. The summed E-state index contributed by atoms with van der Waals surface area (Å²) in [6.45, 7) is 3.70. The van der Waals surface area contributed by atoms with Gasteiger partial charge in [0.25, 0.3) is 5.91 Å². The number of nitrogens with one attached hydrogen (secondary N) is 1. The molecule has 6 nitrogen and oxygen atoms in total. The van der Waals surface area contributed by atoms with E-state index in [-0.39, 0.29) is 23.9 Å². The number of aryl methyl sites for hydroxylation is 1. The van der Waals surface area contributed by atoms with Crippen LogP contribution in [0.5, 0.6) is 0 Å². The maximum absolute atomic E-state index is 15.0. The molecular formula is C29H24BrFN4O2. The zero-order valence-electron chi connectivity index (χ0n) is 20.3. The van der Waals surface area contributed by atoms with Gasteiger partial charge in [-0.25, -0.2) is 9.37 Å². The van der Waals surface area contributed by atoms with E-state index in [0.717, 1.165) is 17.0 Å². The largest absolute Gasteiger partial charge is 0.385 e. The van der Waals surface area contributed by atoms with Crippen molar-refractivity contribution in [1.82, 2.24) is 15.3 Å². The second-order valence-electron chi connectivity index (χ2n) is 8.95. The molecule has 8 heteroatoms. The van der Waals surface area contributed by atoms with Gasteiger partial charge in [0.2, 0.25) is 0 Å². The molecule has 1 aliphatic heterocycles. The summed E-state index contributed by atoms with van der Waals surface area (Å²) in [5.74, 6) is -0.656. The second kappa shape index (κ2) is 10.6. The molecule has 0 aliphatic carbocycles. The molecule has 186 valence electrons. The topological polar surface area (TPSA) is 76.5 Å². The van der Waals surface area contributed by atoms with Crippen LogP contribution in [0.2, 0.25) is 0 Å². The number of benzene rings is 2. The molecule has 0 saturated heterocycles. The van der Waals surface area contributed by atoms with Crippen molar-refractivity contribution in [1.29, 1.82) is 0 Å². The van der Waals surface area contributed by atoms with E-state index in [1.54, 1.807) is 24.4 Å². The number of carbonyl (C=O) groups excluding carboxylic acids is 1. The molecule has 1 N–H and O–H groups in total. The van der Waals surface area contributed by atoms with Crippen LogP contribution < -0.4 is 5.32 Å². The minimum atomic E-state index is -0.355. The van der Waals surface area contributed by atoms with Crippen molar-refractivity contribution in [3.05, 3.63) is 117 Å². The Kier molecular flexibility index (Phi) is 7.10. The Hall–Kier alpha value is -3.91. The van der Waals surface area contributed by atoms with Gasteiger partial charge in [-0.2, -0.15) is 0 Å². The molecule has 0 saturated carbocycles. The lowest BCUT2D eigenvalue weighted by molar-refractivity contribution is 0.0826. The number of oxime groups is 1. The van der Waals surface area contributed by atoms with Gasteiger partial charge < -0.3 is 10.2 Å². The summed E-state index contributed by atoms with van der Waals surface area (Å²) in [7, 11) is 0. The van der Waals surface area contributed by atoms with Crippen LogP contribution in [0, 0.1) is 12.7 Å². The molecular weight excluding hydrogens is 535 g/mol. The van der Waals surface area contributed by atoms with Crippen LogP contribution in [-0.2, 0) is 4.84 Å². The third kappa shape index (κ3) is 5.59. The molecule has 3 heterocycles. The summed E-state index contributed by atoms with van der Waals surface area (Å²) < 4.78 is 15.6. The predicted molar refractivity (Wildman–Crippen MR) is 144 cm³/mol. The molecule has 2 aromatic heterocycles. The Morgan fingerprint density at radius 2 is 1.92 bits per heavy atom. The minimum Gasteiger partial charge on any atom is -0.385 e. The molecule has 0 spiro atoms. The van der Waals surface area contributed by atoms with Gasteiger partial charge in [-0.15, -0.1) is 0 Å². The average molecular weight is 559 g/mol. The normalized spacial score (nSPS) is 15.6. The van der Waals surface area contributed by atoms with Crippen molar-refractivity contribution in [2.24, 2.45) is 5.16 Å². The molecule has 5 rings (SSSR count). The van der Waals surface area contributed by atoms with E-state index in [4.69, 9.17) is 4.84 Å². The Morgan fingerprint density at radius 3 is 2.68 bits per heavy atom. The van der Waals surface area contributed by atoms with Gasteiger partial charge in [0.15, 0.2) is 6.10 Å². The first-order chi connectivity index (χ1) is 17.9. The lowest BCUT2D eigenvalue weighted by atomic mass is 9.94. The van der Waals surface area contributed by atoms with Gasteiger partial charge in [-0.05, 0) is 89.4 Å². The Labute approximate surface area is 222 Å². The molecule has 2 atom stereocenters. The van der Waals surface area contributed by atoms with E-state index in [9.17, 15) is 9.18 Å². The van der Waals surface area contributed by atoms with Gasteiger partial charge in [-0.1, -0.05) is 29.4 Å². The fourth-order valence-electron chi connectivity index (χ4n) is 4.23. The lowest BCUT2D eigenvalue weighted by Crippen LogP contribution is -2.27. The van der Waals surface area contributed by atoms with E-state index in [0.29, 0.717) is 39.0 Å². The Bertz CT molecular complexity index is 1490. The van der Waals surface area contributed by atoms with Crippen molar-refractivity contribution in [2.75, 3.05) is 0 Å². The highest BCUT2D eigenvalue weighted by Gasteiger charge is 2.26. The molecule has 1 amide bonds. The fraction of sp³-hybridized carbons (Fsp3) is 0.172. The van der Waals surface area contributed by atoms with Crippen molar-refractivity contribution in [2.45, 2.75) is 32.4 Å². The minimum absolute atomic E-state index is 0.300. The van der Waals surface area contributed by atoms with Crippen molar-refractivity contribution >= 4 is 27.5 Å². The highest BCUT2D eigenvalue weighted by atomic mass is 79.9. The maximum Gasteiger partial charge on any atom is 0.251 e. The molecule has 0 bridgehead atoms. The summed E-state index contributed by atoms with van der Waals surface area (Å²) in [5, 5.41) is 7.29.